The molecule has 1 amide bonds. The quantitative estimate of drug-likeness (QED) is 0.846. The zero-order chi connectivity index (χ0) is 15.5. The van der Waals surface area contributed by atoms with Crippen LogP contribution in [-0.4, -0.2) is 27.7 Å². The van der Waals surface area contributed by atoms with Crippen LogP contribution in [0.5, 0.6) is 0 Å². The molecule has 0 saturated heterocycles. The number of nitrogens with one attached hydrogen (secondary N) is 2. The van der Waals surface area contributed by atoms with Crippen LogP contribution in [0.3, 0.4) is 0 Å². The third-order valence-corrected chi connectivity index (χ3v) is 5.29. The summed E-state index contributed by atoms with van der Waals surface area (Å²) in [5, 5.41) is 3.99. The lowest BCUT2D eigenvalue weighted by Gasteiger charge is -2.29. The molecule has 1 saturated carbocycles. The number of hydrogen-bond donors (Lipinski definition) is 2. The van der Waals surface area contributed by atoms with E-state index in [1.165, 1.54) is 36.6 Å². The van der Waals surface area contributed by atoms with Gasteiger partial charge in [-0.1, -0.05) is 37.6 Å². The standard InChI is InChI=1S/C17H23N3OS/c1-11-7-8-14-15(9-11)20-17(19-14)22-10-16(21)18-13-6-4-3-5-12(13)2/h7-9,12-13H,3-6,10H2,1-2H3,(H,18,21)(H,19,20)/t12-,13+/m1/s1. The van der Waals surface area contributed by atoms with Crippen LogP contribution in [0.1, 0.15) is 38.2 Å². The van der Waals surface area contributed by atoms with Gasteiger partial charge in [0.25, 0.3) is 0 Å². The summed E-state index contributed by atoms with van der Waals surface area (Å²) >= 11 is 1.47. The number of thioether (sulfide) groups is 1. The molecule has 2 aromatic rings. The third kappa shape index (κ3) is 3.64. The fraction of sp³-hybridized carbons (Fsp3) is 0.529. The minimum atomic E-state index is 0.111. The van der Waals surface area contributed by atoms with E-state index in [4.69, 9.17) is 0 Å². The van der Waals surface area contributed by atoms with Gasteiger partial charge in [0, 0.05) is 6.04 Å². The van der Waals surface area contributed by atoms with Crippen molar-refractivity contribution in [3.05, 3.63) is 23.8 Å². The average molecular weight is 317 g/mol. The van der Waals surface area contributed by atoms with E-state index in [9.17, 15) is 4.79 Å². The van der Waals surface area contributed by atoms with Crippen molar-refractivity contribution in [2.45, 2.75) is 50.7 Å². The first-order chi connectivity index (χ1) is 10.6. The molecule has 3 rings (SSSR count). The van der Waals surface area contributed by atoms with E-state index in [0.29, 0.717) is 17.7 Å². The lowest BCUT2D eigenvalue weighted by Crippen LogP contribution is -2.41. The lowest BCUT2D eigenvalue weighted by molar-refractivity contribution is -0.119. The molecule has 2 atom stereocenters. The summed E-state index contributed by atoms with van der Waals surface area (Å²) in [6, 6.07) is 6.49. The summed E-state index contributed by atoms with van der Waals surface area (Å²) in [6.07, 6.45) is 4.86. The number of benzene rings is 1. The summed E-state index contributed by atoms with van der Waals surface area (Å²) < 4.78 is 0. The van der Waals surface area contributed by atoms with Gasteiger partial charge in [-0.05, 0) is 43.4 Å². The predicted octanol–water partition coefficient (Wildman–Crippen LogP) is 3.66. The van der Waals surface area contributed by atoms with E-state index in [1.54, 1.807) is 0 Å². The van der Waals surface area contributed by atoms with Crippen LogP contribution >= 0.6 is 11.8 Å². The molecule has 1 fully saturated rings. The number of carbonyl (C=O) groups excluding carboxylic acids is 1. The predicted molar refractivity (Wildman–Crippen MR) is 91.1 cm³/mol. The summed E-state index contributed by atoms with van der Waals surface area (Å²) in [4.78, 5) is 19.9. The summed E-state index contributed by atoms with van der Waals surface area (Å²) in [5.41, 5.74) is 3.19. The van der Waals surface area contributed by atoms with Gasteiger partial charge in [0.1, 0.15) is 0 Å². The topological polar surface area (TPSA) is 57.8 Å². The second-order valence-corrected chi connectivity index (χ2v) is 7.25. The van der Waals surface area contributed by atoms with Crippen molar-refractivity contribution in [1.82, 2.24) is 15.3 Å². The fourth-order valence-electron chi connectivity index (χ4n) is 3.08. The maximum absolute atomic E-state index is 12.1. The molecule has 5 heteroatoms. The molecule has 1 aromatic carbocycles. The van der Waals surface area contributed by atoms with Gasteiger partial charge in [-0.3, -0.25) is 4.79 Å². The molecule has 0 radical (unpaired) electrons. The molecular weight excluding hydrogens is 294 g/mol. The summed E-state index contributed by atoms with van der Waals surface area (Å²) in [6.45, 7) is 4.30. The molecule has 1 aromatic heterocycles. The van der Waals surface area contributed by atoms with E-state index in [2.05, 4.69) is 41.3 Å². The number of aromatic nitrogens is 2. The molecule has 1 aliphatic rings. The molecule has 0 aliphatic heterocycles. The Morgan fingerprint density at radius 2 is 2.23 bits per heavy atom. The molecule has 1 heterocycles. The first-order valence-electron chi connectivity index (χ1n) is 8.00. The monoisotopic (exact) mass is 317 g/mol. The van der Waals surface area contributed by atoms with Crippen LogP contribution in [0.2, 0.25) is 0 Å². The molecule has 1 aliphatic carbocycles. The lowest BCUT2D eigenvalue weighted by atomic mass is 9.86. The zero-order valence-electron chi connectivity index (χ0n) is 13.2. The number of nitrogens with zero attached hydrogens (tertiary/aromatic N) is 1. The van der Waals surface area contributed by atoms with Crippen molar-refractivity contribution >= 4 is 28.7 Å². The highest BCUT2D eigenvalue weighted by molar-refractivity contribution is 7.99. The van der Waals surface area contributed by atoms with Crippen LogP contribution in [0.25, 0.3) is 11.0 Å². The highest BCUT2D eigenvalue weighted by Gasteiger charge is 2.22. The first-order valence-corrected chi connectivity index (χ1v) is 8.99. The van der Waals surface area contributed by atoms with Gasteiger partial charge in [0.2, 0.25) is 5.91 Å². The number of aryl methyl sites for hydroxylation is 1. The van der Waals surface area contributed by atoms with Crippen molar-refractivity contribution in [2.24, 2.45) is 5.92 Å². The van der Waals surface area contributed by atoms with Crippen LogP contribution in [-0.2, 0) is 4.79 Å². The maximum Gasteiger partial charge on any atom is 0.230 e. The number of hydrogen-bond acceptors (Lipinski definition) is 3. The minimum absolute atomic E-state index is 0.111. The number of amides is 1. The minimum Gasteiger partial charge on any atom is -0.352 e. The van der Waals surface area contributed by atoms with Gasteiger partial charge in [-0.25, -0.2) is 4.98 Å². The Kier molecular flexibility index (Phi) is 4.71. The van der Waals surface area contributed by atoms with E-state index in [1.807, 2.05) is 6.07 Å². The molecule has 4 nitrogen and oxygen atoms in total. The highest BCUT2D eigenvalue weighted by Crippen LogP contribution is 2.24. The molecule has 2 N–H and O–H groups in total. The van der Waals surface area contributed by atoms with Crippen molar-refractivity contribution in [3.63, 3.8) is 0 Å². The van der Waals surface area contributed by atoms with Crippen LogP contribution in [0.4, 0.5) is 0 Å². The number of fused-ring (bicyclic) bond motifs is 1. The van der Waals surface area contributed by atoms with E-state index >= 15 is 0 Å². The Hall–Kier alpha value is -1.49. The number of H-pyrrole nitrogens is 1. The second-order valence-electron chi connectivity index (χ2n) is 6.29. The van der Waals surface area contributed by atoms with Gasteiger partial charge in [-0.15, -0.1) is 0 Å². The highest BCUT2D eigenvalue weighted by atomic mass is 32.2. The summed E-state index contributed by atoms with van der Waals surface area (Å²) in [5.74, 6) is 1.12. The van der Waals surface area contributed by atoms with Gasteiger partial charge < -0.3 is 10.3 Å². The van der Waals surface area contributed by atoms with Crippen molar-refractivity contribution < 1.29 is 4.79 Å². The smallest absolute Gasteiger partial charge is 0.230 e. The first kappa shape index (κ1) is 15.4. The molecule has 0 unspecified atom stereocenters. The van der Waals surface area contributed by atoms with Crippen LogP contribution in [0, 0.1) is 12.8 Å². The number of rotatable bonds is 4. The molecule has 0 bridgehead atoms. The average Bonchev–Trinajstić information content (AvgIpc) is 2.89. The molecule has 118 valence electrons. The van der Waals surface area contributed by atoms with Crippen molar-refractivity contribution in [2.75, 3.05) is 5.75 Å². The second kappa shape index (κ2) is 6.73. The fourth-order valence-corrected chi connectivity index (χ4v) is 3.78. The molecule has 0 spiro atoms. The van der Waals surface area contributed by atoms with Gasteiger partial charge in [0.05, 0.1) is 16.8 Å². The summed E-state index contributed by atoms with van der Waals surface area (Å²) in [7, 11) is 0. The number of imidazole rings is 1. The Morgan fingerprint density at radius 1 is 1.41 bits per heavy atom. The Labute approximate surface area is 135 Å². The van der Waals surface area contributed by atoms with Crippen molar-refractivity contribution in [1.29, 1.82) is 0 Å². The number of aromatic amines is 1. The van der Waals surface area contributed by atoms with Gasteiger partial charge >= 0.3 is 0 Å². The van der Waals surface area contributed by atoms with Gasteiger partial charge in [0.15, 0.2) is 5.16 Å². The van der Waals surface area contributed by atoms with Crippen molar-refractivity contribution in [3.8, 4) is 0 Å². The maximum atomic E-state index is 12.1. The Bertz CT molecular complexity index is 667. The normalized spacial score (nSPS) is 21.9. The molecular formula is C17H23N3OS. The van der Waals surface area contributed by atoms with Crippen LogP contribution in [0.15, 0.2) is 23.4 Å². The Balaban J connectivity index is 1.55. The number of carbonyl (C=O) groups is 1. The van der Waals surface area contributed by atoms with Gasteiger partial charge in [-0.2, -0.15) is 0 Å². The largest absolute Gasteiger partial charge is 0.352 e. The van der Waals surface area contributed by atoms with E-state index in [0.717, 1.165) is 22.6 Å². The zero-order valence-corrected chi connectivity index (χ0v) is 14.0. The Morgan fingerprint density at radius 3 is 3.05 bits per heavy atom. The van der Waals surface area contributed by atoms with E-state index in [-0.39, 0.29) is 5.91 Å². The molecule has 22 heavy (non-hydrogen) atoms. The van der Waals surface area contributed by atoms with E-state index < -0.39 is 0 Å². The third-order valence-electron chi connectivity index (χ3n) is 4.41. The SMILES string of the molecule is Cc1ccc2nc(SCC(=O)N[C@H]3CCCC[C@H]3C)[nH]c2c1. The van der Waals surface area contributed by atoms with Crippen LogP contribution < -0.4 is 5.32 Å².